The van der Waals surface area contributed by atoms with Crippen molar-refractivity contribution in [2.75, 3.05) is 5.32 Å². The fourth-order valence-corrected chi connectivity index (χ4v) is 3.43. The van der Waals surface area contributed by atoms with Gasteiger partial charge in [-0.25, -0.2) is 4.68 Å². The lowest BCUT2D eigenvalue weighted by atomic mass is 10.0. The van der Waals surface area contributed by atoms with Gasteiger partial charge in [-0.3, -0.25) is 9.59 Å². The fourth-order valence-electron chi connectivity index (χ4n) is 2.49. The third-order valence-corrected chi connectivity index (χ3v) is 5.00. The van der Waals surface area contributed by atoms with E-state index >= 15 is 0 Å². The molecule has 0 aliphatic heterocycles. The first-order valence-electron chi connectivity index (χ1n) is 8.09. The van der Waals surface area contributed by atoms with E-state index in [1.165, 1.54) is 22.5 Å². The van der Waals surface area contributed by atoms with Gasteiger partial charge in [-0.1, -0.05) is 26.0 Å². The number of aromatic hydroxyl groups is 1. The number of amides is 2. The number of fused-ring (bicyclic) bond motifs is 1. The molecule has 0 saturated heterocycles. The normalized spacial score (nSPS) is 11.1. The Labute approximate surface area is 158 Å². The number of phenols is 1. The third-order valence-electron chi connectivity index (χ3n) is 3.93. The van der Waals surface area contributed by atoms with Crippen LogP contribution in [-0.4, -0.2) is 37.1 Å². The zero-order valence-corrected chi connectivity index (χ0v) is 15.7. The molecule has 1 aromatic heterocycles. The molecule has 0 saturated carbocycles. The summed E-state index contributed by atoms with van der Waals surface area (Å²) in [6.07, 6.45) is 0. The Balaban J connectivity index is 2.26. The highest BCUT2D eigenvalue weighted by Crippen LogP contribution is 2.42. The lowest BCUT2D eigenvalue weighted by Crippen LogP contribution is -2.18. The molecule has 0 unspecified atom stereocenters. The highest BCUT2D eigenvalue weighted by molar-refractivity contribution is 7.99. The number of tetrazole rings is 1. The number of benzene rings is 2. The number of carbonyl (C=O) groups is 2. The topological polar surface area (TPSA) is 136 Å². The number of hydrogen-bond donors (Lipinski definition) is 3. The maximum atomic E-state index is 12.2. The van der Waals surface area contributed by atoms with Crippen molar-refractivity contribution in [1.82, 2.24) is 20.2 Å². The maximum Gasteiger partial charge on any atom is 0.252 e. The number of carbonyl (C=O) groups excluding carboxylic acids is 2. The third kappa shape index (κ3) is 3.56. The molecule has 3 rings (SSSR count). The molecule has 0 bridgehead atoms. The minimum absolute atomic E-state index is 0.0209. The van der Waals surface area contributed by atoms with Crippen LogP contribution in [0, 0.1) is 5.92 Å². The lowest BCUT2D eigenvalue weighted by Gasteiger charge is -2.16. The Morgan fingerprint density at radius 1 is 1.33 bits per heavy atom. The van der Waals surface area contributed by atoms with Crippen LogP contribution >= 0.6 is 11.8 Å². The van der Waals surface area contributed by atoms with E-state index in [0.29, 0.717) is 26.5 Å². The molecule has 3 aromatic rings. The predicted molar refractivity (Wildman–Crippen MR) is 101 cm³/mol. The summed E-state index contributed by atoms with van der Waals surface area (Å²) >= 11 is 1.20. The highest BCUT2D eigenvalue weighted by Gasteiger charge is 2.20. The number of anilines is 1. The molecular weight excluding hydrogens is 368 g/mol. The molecule has 140 valence electrons. The van der Waals surface area contributed by atoms with Crippen LogP contribution in [0.5, 0.6) is 5.75 Å². The number of primary amides is 1. The Bertz CT molecular complexity index is 1050. The van der Waals surface area contributed by atoms with E-state index in [9.17, 15) is 14.7 Å². The first-order valence-corrected chi connectivity index (χ1v) is 8.90. The molecule has 0 aliphatic rings. The number of hydrogen-bond acceptors (Lipinski definition) is 7. The summed E-state index contributed by atoms with van der Waals surface area (Å²) in [7, 11) is 1.68. The van der Waals surface area contributed by atoms with Crippen LogP contribution in [0.15, 0.2) is 34.3 Å². The maximum absolute atomic E-state index is 12.2. The first kappa shape index (κ1) is 18.6. The summed E-state index contributed by atoms with van der Waals surface area (Å²) < 4.78 is 1.47. The van der Waals surface area contributed by atoms with E-state index in [0.717, 1.165) is 0 Å². The quantitative estimate of drug-likeness (QED) is 0.609. The molecule has 0 radical (unpaired) electrons. The molecule has 9 nitrogen and oxygen atoms in total. The first-order chi connectivity index (χ1) is 12.8. The summed E-state index contributed by atoms with van der Waals surface area (Å²) in [6, 6.07) is 6.54. The minimum Gasteiger partial charge on any atom is -0.506 e. The zero-order chi connectivity index (χ0) is 19.7. The van der Waals surface area contributed by atoms with Gasteiger partial charge in [0, 0.05) is 34.3 Å². The summed E-state index contributed by atoms with van der Waals surface area (Å²) in [5, 5.41) is 26.1. The van der Waals surface area contributed by atoms with Crippen LogP contribution in [-0.2, 0) is 11.8 Å². The second kappa shape index (κ2) is 7.23. The number of aryl methyl sites for hydroxylation is 1. The number of aromatic nitrogens is 4. The number of nitrogens with two attached hydrogens (primary N) is 1. The molecular formula is C17H18N6O3S. The summed E-state index contributed by atoms with van der Waals surface area (Å²) in [6.45, 7) is 3.56. The van der Waals surface area contributed by atoms with Crippen molar-refractivity contribution in [1.29, 1.82) is 0 Å². The van der Waals surface area contributed by atoms with E-state index in [4.69, 9.17) is 5.73 Å². The van der Waals surface area contributed by atoms with Crippen LogP contribution in [0.3, 0.4) is 0 Å². The van der Waals surface area contributed by atoms with Crippen molar-refractivity contribution in [2.24, 2.45) is 18.7 Å². The highest BCUT2D eigenvalue weighted by atomic mass is 32.2. The second-order valence-electron chi connectivity index (χ2n) is 6.19. The molecule has 4 N–H and O–H groups in total. The number of rotatable bonds is 5. The molecule has 10 heteroatoms. The van der Waals surface area contributed by atoms with Gasteiger partial charge in [0.05, 0.1) is 5.56 Å². The molecule has 0 aliphatic carbocycles. The van der Waals surface area contributed by atoms with Gasteiger partial charge >= 0.3 is 0 Å². The summed E-state index contributed by atoms with van der Waals surface area (Å²) in [5.41, 5.74) is 5.90. The fraction of sp³-hybridized carbons (Fsp3) is 0.235. The summed E-state index contributed by atoms with van der Waals surface area (Å²) in [5.74, 6) is -1.39. The van der Waals surface area contributed by atoms with Gasteiger partial charge in [0.2, 0.25) is 11.1 Å². The van der Waals surface area contributed by atoms with Crippen molar-refractivity contribution >= 4 is 40.0 Å². The molecule has 0 spiro atoms. The number of nitrogens with zero attached hydrogens (tertiary/aromatic N) is 4. The van der Waals surface area contributed by atoms with Gasteiger partial charge in [0.15, 0.2) is 0 Å². The van der Waals surface area contributed by atoms with E-state index < -0.39 is 5.91 Å². The van der Waals surface area contributed by atoms with Crippen molar-refractivity contribution in [3.63, 3.8) is 0 Å². The van der Waals surface area contributed by atoms with Crippen molar-refractivity contribution < 1.29 is 14.7 Å². The van der Waals surface area contributed by atoms with Gasteiger partial charge < -0.3 is 16.2 Å². The van der Waals surface area contributed by atoms with E-state index in [1.54, 1.807) is 39.1 Å². The van der Waals surface area contributed by atoms with Crippen LogP contribution in [0.2, 0.25) is 0 Å². The number of nitrogens with one attached hydrogen (secondary N) is 1. The van der Waals surface area contributed by atoms with E-state index in [1.807, 2.05) is 0 Å². The van der Waals surface area contributed by atoms with Crippen molar-refractivity contribution in [2.45, 2.75) is 23.9 Å². The molecule has 0 fully saturated rings. The minimum atomic E-state index is -0.760. The molecule has 1 heterocycles. The van der Waals surface area contributed by atoms with Gasteiger partial charge in [0.1, 0.15) is 5.75 Å². The van der Waals surface area contributed by atoms with Gasteiger partial charge in [-0.15, -0.1) is 5.10 Å². The van der Waals surface area contributed by atoms with Crippen LogP contribution < -0.4 is 11.1 Å². The van der Waals surface area contributed by atoms with Gasteiger partial charge in [-0.05, 0) is 34.3 Å². The Morgan fingerprint density at radius 2 is 2.07 bits per heavy atom. The average Bonchev–Trinajstić information content (AvgIpc) is 3.01. The Hall–Kier alpha value is -3.14. The predicted octanol–water partition coefficient (Wildman–Crippen LogP) is 1.91. The molecule has 2 amide bonds. The van der Waals surface area contributed by atoms with Crippen LogP contribution in [0.25, 0.3) is 10.8 Å². The monoisotopic (exact) mass is 386 g/mol. The average molecular weight is 386 g/mol. The Kier molecular flexibility index (Phi) is 5.00. The van der Waals surface area contributed by atoms with Crippen molar-refractivity contribution in [3.8, 4) is 5.75 Å². The standard InChI is InChI=1S/C17H18N6O3S/c1-8(2)16(26)19-11-6-4-5-9-13(11)12(7-10(14(9)24)15(18)25)27-17-20-21-22-23(17)3/h4-8,24H,1-3H3,(H2,18,25)(H,19,26). The van der Waals surface area contributed by atoms with E-state index in [-0.39, 0.29) is 23.1 Å². The molecule has 2 aromatic carbocycles. The van der Waals surface area contributed by atoms with Gasteiger partial charge in [-0.2, -0.15) is 0 Å². The van der Waals surface area contributed by atoms with Crippen LogP contribution in [0.1, 0.15) is 24.2 Å². The van der Waals surface area contributed by atoms with Crippen molar-refractivity contribution in [3.05, 3.63) is 29.8 Å². The van der Waals surface area contributed by atoms with Crippen LogP contribution in [0.4, 0.5) is 5.69 Å². The Morgan fingerprint density at radius 3 is 2.67 bits per heavy atom. The zero-order valence-electron chi connectivity index (χ0n) is 14.9. The molecule has 0 atom stereocenters. The summed E-state index contributed by atoms with van der Waals surface area (Å²) in [4.78, 5) is 24.6. The smallest absolute Gasteiger partial charge is 0.252 e. The SMILES string of the molecule is CC(C)C(=O)Nc1cccc2c(O)c(C(N)=O)cc(Sc3nnnn3C)c12. The second-order valence-corrected chi connectivity index (χ2v) is 7.20. The lowest BCUT2D eigenvalue weighted by molar-refractivity contribution is -0.118. The molecule has 27 heavy (non-hydrogen) atoms. The largest absolute Gasteiger partial charge is 0.506 e. The van der Waals surface area contributed by atoms with E-state index in [2.05, 4.69) is 20.8 Å². The van der Waals surface area contributed by atoms with Gasteiger partial charge in [0.25, 0.3) is 5.91 Å².